The Hall–Kier alpha value is -2.38. The maximum absolute atomic E-state index is 12.8. The summed E-state index contributed by atoms with van der Waals surface area (Å²) in [5.74, 6) is 0.500. The Bertz CT molecular complexity index is 1010. The SMILES string of the molecule is O=C(Nn1cnnc1)c1nn(-c2ccc(Cl)cc2Cl)c2c1C1CCC2C1. The highest BCUT2D eigenvalue weighted by atomic mass is 35.5. The van der Waals surface area contributed by atoms with Crippen molar-refractivity contribution in [1.29, 1.82) is 0 Å². The highest BCUT2D eigenvalue weighted by Gasteiger charge is 2.44. The molecule has 2 aliphatic carbocycles. The molecule has 0 spiro atoms. The van der Waals surface area contributed by atoms with Crippen LogP contribution in [0.1, 0.15) is 52.8 Å². The Morgan fingerprint density at radius 2 is 1.92 bits per heavy atom. The lowest BCUT2D eigenvalue weighted by atomic mass is 9.95. The summed E-state index contributed by atoms with van der Waals surface area (Å²) >= 11 is 12.4. The van der Waals surface area contributed by atoms with Gasteiger partial charge in [0.15, 0.2) is 5.69 Å². The number of halogens is 2. The zero-order chi connectivity index (χ0) is 17.8. The highest BCUT2D eigenvalue weighted by Crippen LogP contribution is 2.54. The van der Waals surface area contributed by atoms with Crippen LogP contribution in [0.5, 0.6) is 0 Å². The number of fused-ring (bicyclic) bond motifs is 5. The third-order valence-electron chi connectivity index (χ3n) is 5.19. The number of nitrogens with zero attached hydrogens (tertiary/aromatic N) is 5. The zero-order valence-electron chi connectivity index (χ0n) is 13.6. The van der Waals surface area contributed by atoms with E-state index in [2.05, 4.69) is 20.7 Å². The third-order valence-corrected chi connectivity index (χ3v) is 5.73. The molecular weight excluding hydrogens is 375 g/mol. The van der Waals surface area contributed by atoms with E-state index in [0.717, 1.165) is 36.2 Å². The van der Waals surface area contributed by atoms with Crippen molar-refractivity contribution in [2.45, 2.75) is 31.1 Å². The standard InChI is InChI=1S/C17H14Cl2N6O/c18-11-3-4-13(12(19)6-11)25-16-10-2-1-9(5-10)14(16)15(22-25)17(26)23-24-7-20-21-8-24/h3-4,6-10H,1-2,5H2,(H,23,26). The third kappa shape index (κ3) is 2.34. The number of carbonyl (C=O) groups is 1. The van der Waals surface area contributed by atoms with E-state index in [1.165, 1.54) is 17.3 Å². The van der Waals surface area contributed by atoms with Gasteiger partial charge in [0.25, 0.3) is 5.91 Å². The van der Waals surface area contributed by atoms with Crippen LogP contribution in [0, 0.1) is 0 Å². The van der Waals surface area contributed by atoms with E-state index < -0.39 is 0 Å². The lowest BCUT2D eigenvalue weighted by molar-refractivity contribution is 0.100. The van der Waals surface area contributed by atoms with Crippen LogP contribution in [0.15, 0.2) is 30.9 Å². The molecule has 9 heteroatoms. The minimum Gasteiger partial charge on any atom is -0.266 e. The lowest BCUT2D eigenvalue weighted by Gasteiger charge is -2.14. The second-order valence-corrected chi connectivity index (χ2v) is 7.52. The fraction of sp³-hybridized carbons (Fsp3) is 0.294. The topological polar surface area (TPSA) is 77.6 Å². The molecule has 3 aromatic rings. The molecular formula is C17H14Cl2N6O. The van der Waals surface area contributed by atoms with Gasteiger partial charge in [-0.1, -0.05) is 23.2 Å². The van der Waals surface area contributed by atoms with Gasteiger partial charge < -0.3 is 0 Å². The summed E-state index contributed by atoms with van der Waals surface area (Å²) in [6.07, 6.45) is 6.12. The molecule has 2 unspecified atom stereocenters. The molecule has 0 aliphatic heterocycles. The first kappa shape index (κ1) is 15.8. The molecule has 0 radical (unpaired) electrons. The van der Waals surface area contributed by atoms with Gasteiger partial charge in [-0.15, -0.1) is 10.2 Å². The van der Waals surface area contributed by atoms with Crippen molar-refractivity contribution in [3.63, 3.8) is 0 Å². The predicted octanol–water partition coefficient (Wildman–Crippen LogP) is 3.52. The Labute approximate surface area is 158 Å². The van der Waals surface area contributed by atoms with Gasteiger partial charge in [-0.3, -0.25) is 10.2 Å². The van der Waals surface area contributed by atoms with Crippen molar-refractivity contribution in [2.75, 3.05) is 5.43 Å². The molecule has 2 aromatic heterocycles. The average Bonchev–Trinajstić information content (AvgIpc) is 3.37. The van der Waals surface area contributed by atoms with Crippen molar-refractivity contribution >= 4 is 29.1 Å². The molecule has 1 fully saturated rings. The summed E-state index contributed by atoms with van der Waals surface area (Å²) in [6, 6.07) is 5.31. The zero-order valence-corrected chi connectivity index (χ0v) is 15.1. The molecule has 1 amide bonds. The maximum atomic E-state index is 12.8. The van der Waals surface area contributed by atoms with Gasteiger partial charge in [-0.2, -0.15) is 5.10 Å². The van der Waals surface area contributed by atoms with Crippen molar-refractivity contribution in [3.05, 3.63) is 57.9 Å². The van der Waals surface area contributed by atoms with Gasteiger partial charge in [0.2, 0.25) is 0 Å². The van der Waals surface area contributed by atoms with E-state index in [0.29, 0.717) is 27.6 Å². The molecule has 2 atom stereocenters. The summed E-state index contributed by atoms with van der Waals surface area (Å²) in [4.78, 5) is 12.8. The quantitative estimate of drug-likeness (QED) is 0.744. The van der Waals surface area contributed by atoms with Crippen LogP contribution in [0.3, 0.4) is 0 Å². The first-order valence-electron chi connectivity index (χ1n) is 8.36. The number of aromatic nitrogens is 5. The minimum atomic E-state index is -0.280. The van der Waals surface area contributed by atoms with Crippen LogP contribution in [0.25, 0.3) is 5.69 Å². The van der Waals surface area contributed by atoms with E-state index in [1.54, 1.807) is 12.1 Å². The van der Waals surface area contributed by atoms with Crippen molar-refractivity contribution in [3.8, 4) is 5.69 Å². The van der Waals surface area contributed by atoms with Crippen LogP contribution in [0.2, 0.25) is 10.0 Å². The predicted molar refractivity (Wildman–Crippen MR) is 96.6 cm³/mol. The van der Waals surface area contributed by atoms with E-state index in [4.69, 9.17) is 23.2 Å². The number of amides is 1. The fourth-order valence-corrected chi connectivity index (χ4v) is 4.65. The second-order valence-electron chi connectivity index (χ2n) is 6.67. The summed E-state index contributed by atoms with van der Waals surface area (Å²) in [5, 5.41) is 13.1. The van der Waals surface area contributed by atoms with Crippen molar-refractivity contribution < 1.29 is 4.79 Å². The molecule has 0 saturated heterocycles. The summed E-state index contributed by atoms with van der Waals surface area (Å²) in [5.41, 5.74) is 6.05. The smallest absolute Gasteiger partial charge is 0.266 e. The van der Waals surface area contributed by atoms with Crippen LogP contribution >= 0.6 is 23.2 Å². The Kier molecular flexibility index (Phi) is 3.55. The lowest BCUT2D eigenvalue weighted by Crippen LogP contribution is -2.23. The van der Waals surface area contributed by atoms with Crippen LogP contribution in [0.4, 0.5) is 0 Å². The van der Waals surface area contributed by atoms with Crippen LogP contribution < -0.4 is 5.43 Å². The first-order chi connectivity index (χ1) is 12.6. The summed E-state index contributed by atoms with van der Waals surface area (Å²) in [7, 11) is 0. The molecule has 26 heavy (non-hydrogen) atoms. The molecule has 132 valence electrons. The molecule has 2 aliphatic rings. The maximum Gasteiger partial charge on any atom is 0.290 e. The fourth-order valence-electron chi connectivity index (χ4n) is 4.16. The second kappa shape index (κ2) is 5.82. The van der Waals surface area contributed by atoms with Crippen molar-refractivity contribution in [1.82, 2.24) is 24.7 Å². The van der Waals surface area contributed by atoms with Gasteiger partial charge in [0, 0.05) is 16.5 Å². The van der Waals surface area contributed by atoms with Gasteiger partial charge in [0.05, 0.1) is 16.4 Å². The Morgan fingerprint density at radius 1 is 1.15 bits per heavy atom. The van der Waals surface area contributed by atoms with Crippen LogP contribution in [-0.4, -0.2) is 30.6 Å². The molecule has 2 heterocycles. The van der Waals surface area contributed by atoms with E-state index in [-0.39, 0.29) is 5.91 Å². The van der Waals surface area contributed by atoms with Gasteiger partial charge in [-0.05, 0) is 43.4 Å². The molecule has 5 rings (SSSR count). The number of hydrogen-bond donors (Lipinski definition) is 1. The minimum absolute atomic E-state index is 0.280. The summed E-state index contributed by atoms with van der Waals surface area (Å²) in [6.45, 7) is 0. The molecule has 7 nitrogen and oxygen atoms in total. The Morgan fingerprint density at radius 3 is 2.69 bits per heavy atom. The van der Waals surface area contributed by atoms with E-state index in [9.17, 15) is 4.79 Å². The first-order valence-corrected chi connectivity index (χ1v) is 9.11. The van der Waals surface area contributed by atoms with Gasteiger partial charge >= 0.3 is 0 Å². The highest BCUT2D eigenvalue weighted by molar-refractivity contribution is 6.35. The normalized spacial score (nSPS) is 20.4. The van der Waals surface area contributed by atoms with E-state index >= 15 is 0 Å². The molecule has 1 N–H and O–H groups in total. The largest absolute Gasteiger partial charge is 0.290 e. The van der Waals surface area contributed by atoms with Crippen molar-refractivity contribution in [2.24, 2.45) is 0 Å². The number of nitrogens with one attached hydrogen (secondary N) is 1. The number of carbonyl (C=O) groups excluding carboxylic acids is 1. The number of hydrogen-bond acceptors (Lipinski definition) is 4. The van der Waals surface area contributed by atoms with Crippen LogP contribution in [-0.2, 0) is 0 Å². The molecule has 1 saturated carbocycles. The number of rotatable bonds is 3. The average molecular weight is 389 g/mol. The number of benzene rings is 1. The summed E-state index contributed by atoms with van der Waals surface area (Å²) < 4.78 is 3.23. The van der Waals surface area contributed by atoms with E-state index in [1.807, 2.05) is 10.7 Å². The van der Waals surface area contributed by atoms with Gasteiger partial charge in [0.1, 0.15) is 12.7 Å². The monoisotopic (exact) mass is 388 g/mol. The Balaban J connectivity index is 1.63. The molecule has 1 aromatic carbocycles. The van der Waals surface area contributed by atoms with Gasteiger partial charge in [-0.25, -0.2) is 9.36 Å². The molecule has 2 bridgehead atoms.